The van der Waals surface area contributed by atoms with Crippen molar-refractivity contribution < 1.29 is 31.8 Å². The van der Waals surface area contributed by atoms with Crippen molar-refractivity contribution in [2.24, 2.45) is 0 Å². The highest BCUT2D eigenvalue weighted by Crippen LogP contribution is 2.24. The van der Waals surface area contributed by atoms with Crippen molar-refractivity contribution in [2.45, 2.75) is 11.5 Å². The molecule has 2 aromatic carbocycles. The molecule has 1 aromatic heterocycles. The van der Waals surface area contributed by atoms with Crippen molar-refractivity contribution in [3.8, 4) is 5.75 Å². The second kappa shape index (κ2) is 9.11. The molecule has 1 aliphatic heterocycles. The van der Waals surface area contributed by atoms with E-state index in [1.165, 1.54) is 41.7 Å². The van der Waals surface area contributed by atoms with Crippen LogP contribution in [0.1, 0.15) is 15.9 Å². The van der Waals surface area contributed by atoms with Gasteiger partial charge in [0.25, 0.3) is 0 Å². The van der Waals surface area contributed by atoms with Gasteiger partial charge in [-0.15, -0.1) is 0 Å². The van der Waals surface area contributed by atoms with Crippen LogP contribution in [0, 0.1) is 0 Å². The first-order chi connectivity index (χ1) is 15.4. The highest BCUT2D eigenvalue weighted by molar-refractivity contribution is 7.89. The van der Waals surface area contributed by atoms with Crippen LogP contribution in [-0.2, 0) is 26.1 Å². The van der Waals surface area contributed by atoms with E-state index in [1.54, 1.807) is 18.2 Å². The monoisotopic (exact) mass is 459 g/mol. The van der Waals surface area contributed by atoms with Crippen LogP contribution in [0.25, 0.3) is 11.0 Å². The normalized spacial score (nSPS) is 14.9. The van der Waals surface area contributed by atoms with Crippen LogP contribution in [0.4, 0.5) is 0 Å². The van der Waals surface area contributed by atoms with Gasteiger partial charge in [-0.05, 0) is 30.3 Å². The molecule has 0 radical (unpaired) electrons. The molecule has 0 N–H and O–H groups in total. The molecule has 0 aliphatic carbocycles. The zero-order valence-electron chi connectivity index (χ0n) is 17.3. The van der Waals surface area contributed by atoms with Gasteiger partial charge in [-0.1, -0.05) is 6.07 Å². The summed E-state index contributed by atoms with van der Waals surface area (Å²) in [6.07, 6.45) is 0. The molecular formula is C22H21NO8S. The first-order valence-corrected chi connectivity index (χ1v) is 11.3. The van der Waals surface area contributed by atoms with Gasteiger partial charge in [0.2, 0.25) is 10.0 Å². The van der Waals surface area contributed by atoms with Gasteiger partial charge in [0.15, 0.2) is 0 Å². The van der Waals surface area contributed by atoms with Gasteiger partial charge in [0, 0.05) is 36.2 Å². The average Bonchev–Trinajstić information content (AvgIpc) is 2.82. The molecule has 1 fully saturated rings. The number of carbonyl (C=O) groups excluding carboxylic acids is 1. The predicted octanol–water partition coefficient (Wildman–Crippen LogP) is 2.18. The Balaban J connectivity index is 1.54. The lowest BCUT2D eigenvalue weighted by molar-refractivity contribution is 0.0473. The Morgan fingerprint density at radius 3 is 2.62 bits per heavy atom. The largest absolute Gasteiger partial charge is 0.497 e. The van der Waals surface area contributed by atoms with Gasteiger partial charge in [0.1, 0.15) is 17.9 Å². The van der Waals surface area contributed by atoms with Crippen molar-refractivity contribution in [1.29, 1.82) is 0 Å². The summed E-state index contributed by atoms with van der Waals surface area (Å²) < 4.78 is 47.9. The number of fused-ring (bicyclic) bond motifs is 1. The lowest BCUT2D eigenvalue weighted by atomic mass is 10.1. The fraction of sp³-hybridized carbons (Fsp3) is 0.273. The van der Waals surface area contributed by atoms with Crippen molar-refractivity contribution in [3.63, 3.8) is 0 Å². The molecule has 0 saturated carbocycles. The van der Waals surface area contributed by atoms with Gasteiger partial charge in [-0.3, -0.25) is 0 Å². The fourth-order valence-corrected chi connectivity index (χ4v) is 4.86. The molecule has 4 rings (SSSR count). The van der Waals surface area contributed by atoms with Crippen LogP contribution in [0.2, 0.25) is 0 Å². The van der Waals surface area contributed by atoms with Crippen LogP contribution in [-0.4, -0.2) is 52.1 Å². The third-order valence-electron chi connectivity index (χ3n) is 5.07. The van der Waals surface area contributed by atoms with E-state index < -0.39 is 21.6 Å². The molecule has 168 valence electrons. The summed E-state index contributed by atoms with van der Waals surface area (Å²) in [5, 5.41) is 0.599. The van der Waals surface area contributed by atoms with E-state index in [1.807, 2.05) is 0 Å². The maximum atomic E-state index is 12.8. The number of hydrogen-bond donors (Lipinski definition) is 0. The van der Waals surface area contributed by atoms with Gasteiger partial charge in [-0.2, -0.15) is 4.31 Å². The molecule has 10 heteroatoms. The number of nitrogens with zero attached hydrogens (tertiary/aromatic N) is 1. The first-order valence-electron chi connectivity index (χ1n) is 9.84. The zero-order chi connectivity index (χ0) is 22.7. The quantitative estimate of drug-likeness (QED) is 0.407. The van der Waals surface area contributed by atoms with E-state index in [2.05, 4.69) is 0 Å². The number of sulfonamides is 1. The number of benzene rings is 2. The fourth-order valence-electron chi connectivity index (χ4n) is 3.40. The number of rotatable bonds is 6. The Bertz CT molecular complexity index is 1310. The molecule has 32 heavy (non-hydrogen) atoms. The third kappa shape index (κ3) is 4.52. The predicted molar refractivity (Wildman–Crippen MR) is 114 cm³/mol. The van der Waals surface area contributed by atoms with Gasteiger partial charge in [0.05, 0.1) is 30.8 Å². The standard InChI is InChI=1S/C22H21NO8S/c1-28-17-5-6-19-16(12-21(24)31-20(19)13-17)14-30-22(25)15-3-2-4-18(11-15)32(26,27)23-7-9-29-10-8-23/h2-6,11-13H,7-10,14H2,1H3. The van der Waals surface area contributed by atoms with Crippen molar-refractivity contribution in [3.05, 3.63) is 70.1 Å². The number of morpholine rings is 1. The number of esters is 1. The van der Waals surface area contributed by atoms with E-state index in [-0.39, 0.29) is 30.2 Å². The topological polar surface area (TPSA) is 112 Å². The van der Waals surface area contributed by atoms with Crippen LogP contribution < -0.4 is 10.4 Å². The Labute approximate surface area is 184 Å². The van der Waals surface area contributed by atoms with Gasteiger partial charge >= 0.3 is 11.6 Å². The summed E-state index contributed by atoms with van der Waals surface area (Å²) in [6.45, 7) is 0.975. The van der Waals surface area contributed by atoms with Crippen LogP contribution in [0.5, 0.6) is 5.75 Å². The van der Waals surface area contributed by atoms with E-state index in [0.717, 1.165) is 0 Å². The van der Waals surface area contributed by atoms with E-state index in [4.69, 9.17) is 18.6 Å². The smallest absolute Gasteiger partial charge is 0.338 e. The van der Waals surface area contributed by atoms with Crippen molar-refractivity contribution in [1.82, 2.24) is 4.31 Å². The highest BCUT2D eigenvalue weighted by atomic mass is 32.2. The number of ether oxygens (including phenoxy) is 3. The summed E-state index contributed by atoms with van der Waals surface area (Å²) in [5.41, 5.74) is 0.273. The Morgan fingerprint density at radius 1 is 1.09 bits per heavy atom. The Kier molecular flexibility index (Phi) is 6.26. The molecule has 0 atom stereocenters. The minimum absolute atomic E-state index is 0.00625. The minimum Gasteiger partial charge on any atom is -0.497 e. The number of methoxy groups -OCH3 is 1. The summed E-state index contributed by atoms with van der Waals surface area (Å²) in [5.74, 6) is -0.188. The molecular weight excluding hydrogens is 438 g/mol. The first kappa shape index (κ1) is 22.0. The summed E-state index contributed by atoms with van der Waals surface area (Å²) >= 11 is 0. The summed E-state index contributed by atoms with van der Waals surface area (Å²) in [7, 11) is -2.25. The second-order valence-corrected chi connectivity index (χ2v) is 9.01. The van der Waals surface area contributed by atoms with Gasteiger partial charge < -0.3 is 18.6 Å². The highest BCUT2D eigenvalue weighted by Gasteiger charge is 2.27. The summed E-state index contributed by atoms with van der Waals surface area (Å²) in [4.78, 5) is 24.5. The van der Waals surface area contributed by atoms with E-state index in [9.17, 15) is 18.0 Å². The molecule has 9 nitrogen and oxygen atoms in total. The van der Waals surface area contributed by atoms with Crippen molar-refractivity contribution in [2.75, 3.05) is 33.4 Å². The van der Waals surface area contributed by atoms with E-state index in [0.29, 0.717) is 35.5 Å². The summed E-state index contributed by atoms with van der Waals surface area (Å²) in [6, 6.07) is 11.9. The lowest BCUT2D eigenvalue weighted by Gasteiger charge is -2.26. The molecule has 1 aliphatic rings. The minimum atomic E-state index is -3.75. The molecule has 0 amide bonds. The molecule has 1 saturated heterocycles. The third-order valence-corrected chi connectivity index (χ3v) is 6.97. The molecule has 0 spiro atoms. The molecule has 0 bridgehead atoms. The van der Waals surface area contributed by atoms with Crippen LogP contribution in [0.15, 0.2) is 62.6 Å². The van der Waals surface area contributed by atoms with Crippen LogP contribution >= 0.6 is 0 Å². The molecule has 2 heterocycles. The van der Waals surface area contributed by atoms with Crippen LogP contribution in [0.3, 0.4) is 0 Å². The number of carbonyl (C=O) groups is 1. The molecule has 0 unspecified atom stereocenters. The zero-order valence-corrected chi connectivity index (χ0v) is 18.1. The Morgan fingerprint density at radius 2 is 1.88 bits per heavy atom. The Hall–Kier alpha value is -3.21. The van der Waals surface area contributed by atoms with Crippen molar-refractivity contribution >= 4 is 27.0 Å². The lowest BCUT2D eigenvalue weighted by Crippen LogP contribution is -2.40. The average molecular weight is 459 g/mol. The van der Waals surface area contributed by atoms with E-state index >= 15 is 0 Å². The maximum Gasteiger partial charge on any atom is 0.338 e. The maximum absolute atomic E-state index is 12.8. The van der Waals surface area contributed by atoms with Gasteiger partial charge in [-0.25, -0.2) is 18.0 Å². The second-order valence-electron chi connectivity index (χ2n) is 7.07. The number of hydrogen-bond acceptors (Lipinski definition) is 8. The molecule has 3 aromatic rings. The SMILES string of the molecule is COc1ccc2c(COC(=O)c3cccc(S(=O)(=O)N4CCOCC4)c3)cc(=O)oc2c1.